The summed E-state index contributed by atoms with van der Waals surface area (Å²) < 4.78 is 8.97. The first-order chi connectivity index (χ1) is 7.36. The minimum Gasteiger partial charge on any atom is -0.381 e. The Morgan fingerprint density at radius 3 is 3.33 bits per heavy atom. The Labute approximate surface area is 92.0 Å². The Balaban J connectivity index is 1.75. The lowest BCUT2D eigenvalue weighted by atomic mass is 10.0. The molecule has 1 aromatic heterocycles. The summed E-state index contributed by atoms with van der Waals surface area (Å²) in [6.45, 7) is 2.26. The first kappa shape index (κ1) is 10.5. The second-order valence-corrected chi connectivity index (χ2v) is 4.19. The van der Waals surface area contributed by atoms with E-state index in [1.807, 2.05) is 0 Å². The van der Waals surface area contributed by atoms with Gasteiger partial charge in [0.1, 0.15) is 0 Å². The first-order valence-corrected chi connectivity index (χ1v) is 5.83. The first-order valence-electron chi connectivity index (χ1n) is 4.99. The number of hydrogen-bond acceptors (Lipinski definition) is 5. The van der Waals surface area contributed by atoms with Crippen LogP contribution in [0.1, 0.15) is 23.3 Å². The van der Waals surface area contributed by atoms with Gasteiger partial charge in [0.05, 0.1) is 6.61 Å². The molecule has 1 unspecified atom stereocenters. The maximum absolute atomic E-state index is 11.5. The molecule has 1 amide bonds. The van der Waals surface area contributed by atoms with Crippen LogP contribution >= 0.6 is 11.5 Å². The standard InChI is InChI=1S/C9H13N3O2S/c13-9(8-6-15-12-11-8)10-4-7-2-1-3-14-5-7/h6-7H,1-5H2,(H,10,13). The number of carbonyl (C=O) groups excluding carboxylic acids is 1. The maximum atomic E-state index is 11.5. The fourth-order valence-electron chi connectivity index (χ4n) is 1.56. The third-order valence-electron chi connectivity index (χ3n) is 2.40. The van der Waals surface area contributed by atoms with E-state index in [1.54, 1.807) is 5.38 Å². The number of amides is 1. The average Bonchev–Trinajstić information content (AvgIpc) is 2.81. The van der Waals surface area contributed by atoms with E-state index in [9.17, 15) is 4.79 Å². The molecule has 1 aromatic rings. The van der Waals surface area contributed by atoms with Crippen LogP contribution in [-0.2, 0) is 4.74 Å². The van der Waals surface area contributed by atoms with Crippen molar-refractivity contribution >= 4 is 17.4 Å². The molecule has 15 heavy (non-hydrogen) atoms. The molecule has 1 aliphatic heterocycles. The van der Waals surface area contributed by atoms with Gasteiger partial charge >= 0.3 is 0 Å². The number of ether oxygens (including phenoxy) is 1. The van der Waals surface area contributed by atoms with Crippen molar-refractivity contribution in [1.29, 1.82) is 0 Å². The molecule has 2 heterocycles. The van der Waals surface area contributed by atoms with Crippen molar-refractivity contribution in [2.45, 2.75) is 12.8 Å². The van der Waals surface area contributed by atoms with E-state index in [0.29, 0.717) is 18.2 Å². The molecule has 2 rings (SSSR count). The SMILES string of the molecule is O=C(NCC1CCCOC1)c1csnn1. The van der Waals surface area contributed by atoms with Crippen molar-refractivity contribution in [3.05, 3.63) is 11.1 Å². The van der Waals surface area contributed by atoms with Crippen LogP contribution in [0.5, 0.6) is 0 Å². The molecule has 1 atom stereocenters. The van der Waals surface area contributed by atoms with Crippen LogP contribution in [-0.4, -0.2) is 35.3 Å². The quantitative estimate of drug-likeness (QED) is 0.825. The molecule has 0 radical (unpaired) electrons. The molecule has 5 nitrogen and oxygen atoms in total. The van der Waals surface area contributed by atoms with Crippen molar-refractivity contribution in [3.8, 4) is 0 Å². The third kappa shape index (κ3) is 2.97. The molecule has 1 N–H and O–H groups in total. The topological polar surface area (TPSA) is 64.1 Å². The zero-order valence-corrected chi connectivity index (χ0v) is 9.13. The van der Waals surface area contributed by atoms with Crippen LogP contribution in [0.2, 0.25) is 0 Å². The average molecular weight is 227 g/mol. The molecule has 6 heteroatoms. The normalized spacial score (nSPS) is 21.2. The van der Waals surface area contributed by atoms with Gasteiger partial charge in [0.15, 0.2) is 5.69 Å². The monoisotopic (exact) mass is 227 g/mol. The summed E-state index contributed by atoms with van der Waals surface area (Å²) >= 11 is 1.18. The van der Waals surface area contributed by atoms with Gasteiger partial charge in [-0.05, 0) is 30.3 Å². The van der Waals surface area contributed by atoms with Crippen molar-refractivity contribution in [1.82, 2.24) is 14.9 Å². The number of carbonyl (C=O) groups is 1. The molecule has 1 saturated heterocycles. The number of nitrogens with zero attached hydrogens (tertiary/aromatic N) is 2. The molecule has 0 spiro atoms. The lowest BCUT2D eigenvalue weighted by Crippen LogP contribution is -2.33. The lowest BCUT2D eigenvalue weighted by Gasteiger charge is -2.21. The zero-order valence-electron chi connectivity index (χ0n) is 8.31. The largest absolute Gasteiger partial charge is 0.381 e. The van der Waals surface area contributed by atoms with E-state index in [-0.39, 0.29) is 5.91 Å². The minimum atomic E-state index is -0.144. The van der Waals surface area contributed by atoms with Gasteiger partial charge in [0.2, 0.25) is 0 Å². The van der Waals surface area contributed by atoms with E-state index >= 15 is 0 Å². The van der Waals surface area contributed by atoms with Gasteiger partial charge in [-0.15, -0.1) is 5.10 Å². The minimum absolute atomic E-state index is 0.144. The highest BCUT2D eigenvalue weighted by molar-refractivity contribution is 7.03. The molecule has 0 bridgehead atoms. The van der Waals surface area contributed by atoms with Crippen LogP contribution in [0.3, 0.4) is 0 Å². The molecule has 1 fully saturated rings. The van der Waals surface area contributed by atoms with Crippen molar-refractivity contribution in [3.63, 3.8) is 0 Å². The summed E-state index contributed by atoms with van der Waals surface area (Å²) in [6, 6.07) is 0. The summed E-state index contributed by atoms with van der Waals surface area (Å²) in [6.07, 6.45) is 2.20. The third-order valence-corrected chi connectivity index (χ3v) is 2.90. The van der Waals surface area contributed by atoms with Gasteiger partial charge < -0.3 is 10.1 Å². The number of nitrogens with one attached hydrogen (secondary N) is 1. The Hall–Kier alpha value is -1.01. The molecular weight excluding hydrogens is 214 g/mol. The van der Waals surface area contributed by atoms with E-state index < -0.39 is 0 Å². The van der Waals surface area contributed by atoms with Gasteiger partial charge in [0.25, 0.3) is 5.91 Å². The summed E-state index contributed by atoms with van der Waals surface area (Å²) in [5, 5.41) is 8.19. The van der Waals surface area contributed by atoms with Gasteiger partial charge in [-0.25, -0.2) is 0 Å². The molecule has 0 aliphatic carbocycles. The summed E-state index contributed by atoms with van der Waals surface area (Å²) in [5.41, 5.74) is 0.400. The van der Waals surface area contributed by atoms with Crippen molar-refractivity contribution < 1.29 is 9.53 Å². The Kier molecular flexibility index (Phi) is 3.63. The van der Waals surface area contributed by atoms with Crippen LogP contribution in [0.25, 0.3) is 0 Å². The van der Waals surface area contributed by atoms with Crippen LogP contribution in [0.4, 0.5) is 0 Å². The Bertz CT molecular complexity index is 309. The highest BCUT2D eigenvalue weighted by Gasteiger charge is 2.16. The Morgan fingerprint density at radius 1 is 1.73 bits per heavy atom. The summed E-state index contributed by atoms with van der Waals surface area (Å²) in [4.78, 5) is 11.5. The molecule has 82 valence electrons. The highest BCUT2D eigenvalue weighted by atomic mass is 32.1. The van der Waals surface area contributed by atoms with Gasteiger partial charge in [0, 0.05) is 18.5 Å². The van der Waals surface area contributed by atoms with Crippen molar-refractivity contribution in [2.75, 3.05) is 19.8 Å². The van der Waals surface area contributed by atoms with E-state index in [0.717, 1.165) is 26.1 Å². The van der Waals surface area contributed by atoms with Crippen molar-refractivity contribution in [2.24, 2.45) is 5.92 Å². The molecule has 0 aromatic carbocycles. The van der Waals surface area contributed by atoms with E-state index in [1.165, 1.54) is 11.5 Å². The van der Waals surface area contributed by atoms with E-state index in [2.05, 4.69) is 14.9 Å². The number of aromatic nitrogens is 2. The van der Waals surface area contributed by atoms with Crippen LogP contribution in [0, 0.1) is 5.92 Å². The molecule has 0 saturated carbocycles. The molecular formula is C9H13N3O2S. The van der Waals surface area contributed by atoms with Gasteiger partial charge in [-0.1, -0.05) is 4.49 Å². The second-order valence-electron chi connectivity index (χ2n) is 3.58. The van der Waals surface area contributed by atoms with Gasteiger partial charge in [-0.3, -0.25) is 4.79 Å². The lowest BCUT2D eigenvalue weighted by molar-refractivity contribution is 0.0535. The van der Waals surface area contributed by atoms with E-state index in [4.69, 9.17) is 4.74 Å². The summed E-state index contributed by atoms with van der Waals surface area (Å²) in [5.74, 6) is 0.295. The Morgan fingerprint density at radius 2 is 2.67 bits per heavy atom. The predicted molar refractivity (Wildman–Crippen MR) is 55.8 cm³/mol. The molecule has 1 aliphatic rings. The fourth-order valence-corrected chi connectivity index (χ4v) is 2.00. The zero-order chi connectivity index (χ0) is 10.5. The van der Waals surface area contributed by atoms with Crippen LogP contribution < -0.4 is 5.32 Å². The van der Waals surface area contributed by atoms with Gasteiger partial charge in [-0.2, -0.15) is 0 Å². The van der Waals surface area contributed by atoms with Crippen LogP contribution in [0.15, 0.2) is 5.38 Å². The number of rotatable bonds is 3. The second kappa shape index (κ2) is 5.18. The summed E-state index contributed by atoms with van der Waals surface area (Å²) in [7, 11) is 0. The predicted octanol–water partition coefficient (Wildman–Crippen LogP) is 0.694. The maximum Gasteiger partial charge on any atom is 0.272 e. The fraction of sp³-hybridized carbons (Fsp3) is 0.667. The number of hydrogen-bond donors (Lipinski definition) is 1. The highest BCUT2D eigenvalue weighted by Crippen LogP contribution is 2.12. The smallest absolute Gasteiger partial charge is 0.272 e.